The van der Waals surface area contributed by atoms with Crippen molar-refractivity contribution in [3.63, 3.8) is 0 Å². The number of H-pyrrole nitrogens is 1. The van der Waals surface area contributed by atoms with E-state index in [0.717, 1.165) is 11.1 Å². The number of carbonyl (C=O) groups excluding carboxylic acids is 1. The Morgan fingerprint density at radius 1 is 0.958 bits per heavy atom. The van der Waals surface area contributed by atoms with Crippen molar-refractivity contribution >= 4 is 11.9 Å². The second-order valence-electron chi connectivity index (χ2n) is 4.90. The number of rotatable bonds is 3. The lowest BCUT2D eigenvalue weighted by Gasteiger charge is -2.04. The number of carbonyl (C=O) groups is 1. The highest BCUT2D eigenvalue weighted by atomic mass is 19.4. The molecule has 0 aliphatic carbocycles. The maximum absolute atomic E-state index is 12.4. The molecular weight excluding hydrogens is 321 g/mol. The van der Waals surface area contributed by atoms with Gasteiger partial charge < -0.3 is 0 Å². The first-order valence-electron chi connectivity index (χ1n) is 6.90. The highest BCUT2D eigenvalue weighted by Gasteiger charge is 2.35. The van der Waals surface area contributed by atoms with Gasteiger partial charge in [0, 0.05) is 5.56 Å². The van der Waals surface area contributed by atoms with E-state index < -0.39 is 23.9 Å². The van der Waals surface area contributed by atoms with Crippen LogP contribution in [0.15, 0.2) is 54.6 Å². The second kappa shape index (κ2) is 6.15. The zero-order valence-electron chi connectivity index (χ0n) is 12.1. The highest BCUT2D eigenvalue weighted by Crippen LogP contribution is 2.26. The SMILES string of the molecule is O=C(Nc1n[nH]c(C(F)(F)F)n1)c1ccc(-c2ccccc2)cc1. The number of hydrogen-bond donors (Lipinski definition) is 2. The van der Waals surface area contributed by atoms with E-state index in [9.17, 15) is 18.0 Å². The summed E-state index contributed by atoms with van der Waals surface area (Å²) in [5.74, 6) is -2.29. The summed E-state index contributed by atoms with van der Waals surface area (Å²) in [6.07, 6.45) is -4.65. The van der Waals surface area contributed by atoms with Crippen LogP contribution in [0.4, 0.5) is 19.1 Å². The maximum Gasteiger partial charge on any atom is 0.451 e. The molecule has 0 unspecified atom stereocenters. The molecule has 24 heavy (non-hydrogen) atoms. The van der Waals surface area contributed by atoms with E-state index in [1.807, 2.05) is 30.3 Å². The molecule has 0 aliphatic heterocycles. The van der Waals surface area contributed by atoms with Crippen molar-refractivity contribution in [3.05, 3.63) is 66.0 Å². The summed E-state index contributed by atoms with van der Waals surface area (Å²) in [4.78, 5) is 15.2. The molecular formula is C16H11F3N4O. The van der Waals surface area contributed by atoms with Crippen LogP contribution in [0.2, 0.25) is 0 Å². The predicted molar refractivity (Wildman–Crippen MR) is 81.2 cm³/mol. The lowest BCUT2D eigenvalue weighted by molar-refractivity contribution is -0.144. The van der Waals surface area contributed by atoms with Gasteiger partial charge in [0.1, 0.15) is 0 Å². The van der Waals surface area contributed by atoms with Crippen molar-refractivity contribution in [1.29, 1.82) is 0 Å². The molecule has 0 radical (unpaired) electrons. The normalized spacial score (nSPS) is 11.3. The Labute approximate surface area is 134 Å². The fourth-order valence-corrected chi connectivity index (χ4v) is 2.06. The number of amides is 1. The molecule has 5 nitrogen and oxygen atoms in total. The summed E-state index contributed by atoms with van der Waals surface area (Å²) in [5.41, 5.74) is 2.20. The third-order valence-electron chi connectivity index (χ3n) is 3.23. The fraction of sp³-hybridized carbons (Fsp3) is 0.0625. The number of hydrogen-bond acceptors (Lipinski definition) is 3. The van der Waals surface area contributed by atoms with E-state index in [-0.39, 0.29) is 5.56 Å². The minimum atomic E-state index is -4.65. The molecule has 122 valence electrons. The van der Waals surface area contributed by atoms with Crippen molar-refractivity contribution < 1.29 is 18.0 Å². The van der Waals surface area contributed by atoms with Crippen molar-refractivity contribution in [1.82, 2.24) is 15.2 Å². The molecule has 3 aromatic rings. The lowest BCUT2D eigenvalue weighted by Crippen LogP contribution is -2.13. The zero-order chi connectivity index (χ0) is 17.2. The summed E-state index contributed by atoms with van der Waals surface area (Å²) in [7, 11) is 0. The predicted octanol–water partition coefficient (Wildman–Crippen LogP) is 3.74. The van der Waals surface area contributed by atoms with Crippen LogP contribution in [-0.4, -0.2) is 21.1 Å². The van der Waals surface area contributed by atoms with Gasteiger partial charge in [0.25, 0.3) is 5.91 Å². The summed E-state index contributed by atoms with van der Waals surface area (Å²) < 4.78 is 37.3. The summed E-state index contributed by atoms with van der Waals surface area (Å²) in [6.45, 7) is 0. The molecule has 0 fully saturated rings. The minimum Gasteiger partial charge on any atom is -0.289 e. The van der Waals surface area contributed by atoms with Crippen LogP contribution in [0.3, 0.4) is 0 Å². The fourth-order valence-electron chi connectivity index (χ4n) is 2.06. The molecule has 1 aromatic heterocycles. The van der Waals surface area contributed by atoms with Crippen LogP contribution >= 0.6 is 0 Å². The Hall–Kier alpha value is -3.16. The van der Waals surface area contributed by atoms with Gasteiger partial charge in [0.2, 0.25) is 11.8 Å². The largest absolute Gasteiger partial charge is 0.451 e. The molecule has 0 atom stereocenters. The molecule has 2 aromatic carbocycles. The lowest BCUT2D eigenvalue weighted by atomic mass is 10.0. The number of anilines is 1. The Bertz CT molecular complexity index is 842. The number of aromatic nitrogens is 3. The van der Waals surface area contributed by atoms with E-state index in [2.05, 4.69) is 15.4 Å². The van der Waals surface area contributed by atoms with Crippen LogP contribution in [-0.2, 0) is 6.18 Å². The number of nitrogens with zero attached hydrogens (tertiary/aromatic N) is 2. The Morgan fingerprint density at radius 2 is 1.58 bits per heavy atom. The molecule has 2 N–H and O–H groups in total. The first kappa shape index (κ1) is 15.7. The van der Waals surface area contributed by atoms with Crippen LogP contribution < -0.4 is 5.32 Å². The van der Waals surface area contributed by atoms with Gasteiger partial charge in [0.05, 0.1) is 0 Å². The van der Waals surface area contributed by atoms with E-state index in [1.54, 1.807) is 29.4 Å². The van der Waals surface area contributed by atoms with Gasteiger partial charge >= 0.3 is 6.18 Å². The number of halogens is 3. The third kappa shape index (κ3) is 3.43. The van der Waals surface area contributed by atoms with Crippen molar-refractivity contribution in [2.75, 3.05) is 5.32 Å². The first-order valence-corrected chi connectivity index (χ1v) is 6.90. The van der Waals surface area contributed by atoms with Crippen LogP contribution in [0.1, 0.15) is 16.2 Å². The zero-order valence-corrected chi connectivity index (χ0v) is 12.1. The highest BCUT2D eigenvalue weighted by molar-refractivity contribution is 6.03. The molecule has 1 amide bonds. The topological polar surface area (TPSA) is 70.7 Å². The number of alkyl halides is 3. The molecule has 0 saturated heterocycles. The number of benzene rings is 2. The monoisotopic (exact) mass is 332 g/mol. The Kier molecular flexibility index (Phi) is 4.03. The van der Waals surface area contributed by atoms with Crippen molar-refractivity contribution in [3.8, 4) is 11.1 Å². The molecule has 0 bridgehead atoms. The van der Waals surface area contributed by atoms with Gasteiger partial charge in [-0.25, -0.2) is 0 Å². The number of nitrogens with one attached hydrogen (secondary N) is 2. The quantitative estimate of drug-likeness (QED) is 0.767. The van der Waals surface area contributed by atoms with Crippen molar-refractivity contribution in [2.24, 2.45) is 0 Å². The molecule has 1 heterocycles. The van der Waals surface area contributed by atoms with E-state index >= 15 is 0 Å². The molecule has 0 aliphatic rings. The second-order valence-corrected chi connectivity index (χ2v) is 4.90. The molecule has 0 spiro atoms. The summed E-state index contributed by atoms with van der Waals surface area (Å²) in [6, 6.07) is 16.2. The van der Waals surface area contributed by atoms with E-state index in [0.29, 0.717) is 0 Å². The Balaban J connectivity index is 1.73. The molecule has 0 saturated carbocycles. The number of aromatic amines is 1. The Morgan fingerprint density at radius 3 is 2.17 bits per heavy atom. The molecule has 8 heteroatoms. The van der Waals surface area contributed by atoms with E-state index in [4.69, 9.17) is 0 Å². The van der Waals surface area contributed by atoms with Gasteiger partial charge in [-0.3, -0.25) is 15.2 Å². The van der Waals surface area contributed by atoms with Gasteiger partial charge in [-0.1, -0.05) is 42.5 Å². The van der Waals surface area contributed by atoms with Gasteiger partial charge in [0.15, 0.2) is 0 Å². The van der Waals surface area contributed by atoms with Gasteiger partial charge in [-0.05, 0) is 23.3 Å². The molecule has 3 rings (SSSR count). The average molecular weight is 332 g/mol. The van der Waals surface area contributed by atoms with Crippen LogP contribution in [0.25, 0.3) is 11.1 Å². The standard InChI is InChI=1S/C16H11F3N4O/c17-16(18,19)14-21-15(23-22-14)20-13(24)12-8-6-11(7-9-12)10-4-2-1-3-5-10/h1-9H,(H2,20,21,22,23,24). The minimum absolute atomic E-state index is 0.285. The summed E-state index contributed by atoms with van der Waals surface area (Å²) in [5, 5.41) is 7.28. The third-order valence-corrected chi connectivity index (χ3v) is 3.23. The first-order chi connectivity index (χ1) is 11.4. The van der Waals surface area contributed by atoms with Crippen LogP contribution in [0, 0.1) is 0 Å². The van der Waals surface area contributed by atoms with E-state index in [1.165, 1.54) is 0 Å². The van der Waals surface area contributed by atoms with Crippen molar-refractivity contribution in [2.45, 2.75) is 6.18 Å². The average Bonchev–Trinajstić information content (AvgIpc) is 3.05. The smallest absolute Gasteiger partial charge is 0.289 e. The van der Waals surface area contributed by atoms with Crippen LogP contribution in [0.5, 0.6) is 0 Å². The maximum atomic E-state index is 12.4. The summed E-state index contributed by atoms with van der Waals surface area (Å²) >= 11 is 0. The van der Waals surface area contributed by atoms with Gasteiger partial charge in [-0.15, -0.1) is 5.10 Å². The van der Waals surface area contributed by atoms with Gasteiger partial charge in [-0.2, -0.15) is 18.2 Å².